The Kier molecular flexibility index (Phi) is 8.31. The first-order valence-electron chi connectivity index (χ1n) is 7.85. The maximum atomic E-state index is 5.99. The van der Waals surface area contributed by atoms with Gasteiger partial charge >= 0.3 is 0 Å². The number of hydrogen-bond donors (Lipinski definition) is 1. The van der Waals surface area contributed by atoms with Crippen molar-refractivity contribution in [3.8, 4) is 0 Å². The third-order valence-corrected chi connectivity index (χ3v) is 3.78. The van der Waals surface area contributed by atoms with E-state index in [4.69, 9.17) is 5.73 Å². The number of unbranched alkanes of at least 4 members (excludes halogenated alkanes) is 4. The Hall–Kier alpha value is -1.02. The van der Waals surface area contributed by atoms with Gasteiger partial charge in [-0.3, -0.25) is 0 Å². The van der Waals surface area contributed by atoms with Gasteiger partial charge in [0.15, 0.2) is 0 Å². The van der Waals surface area contributed by atoms with Crippen LogP contribution in [0.1, 0.15) is 52.4 Å². The summed E-state index contributed by atoms with van der Waals surface area (Å²) in [5, 5.41) is 0. The summed E-state index contributed by atoms with van der Waals surface area (Å²) in [6.45, 7) is 6.25. The van der Waals surface area contributed by atoms with E-state index in [1.165, 1.54) is 44.2 Å². The average molecular weight is 262 g/mol. The fraction of sp³-hybridized carbons (Fsp3) is 0.647. The van der Waals surface area contributed by atoms with Crippen LogP contribution in [0.3, 0.4) is 0 Å². The molecule has 2 nitrogen and oxygen atoms in total. The molecule has 2 heteroatoms. The molecule has 0 aromatic heterocycles. The molecule has 0 spiro atoms. The van der Waals surface area contributed by atoms with Crippen LogP contribution in [0.25, 0.3) is 0 Å². The number of para-hydroxylation sites is 1. The van der Waals surface area contributed by atoms with Crippen LogP contribution in [0.5, 0.6) is 0 Å². The third-order valence-electron chi connectivity index (χ3n) is 3.78. The van der Waals surface area contributed by atoms with Gasteiger partial charge in [0.1, 0.15) is 0 Å². The average Bonchev–Trinajstić information content (AvgIpc) is 2.47. The summed E-state index contributed by atoms with van der Waals surface area (Å²) in [5.41, 5.74) is 7.29. The quantitative estimate of drug-likeness (QED) is 0.640. The third kappa shape index (κ3) is 5.65. The molecule has 0 saturated carbocycles. The van der Waals surface area contributed by atoms with Crippen LogP contribution < -0.4 is 10.6 Å². The summed E-state index contributed by atoms with van der Waals surface area (Å²) in [6, 6.07) is 11.1. The van der Waals surface area contributed by atoms with Gasteiger partial charge in [-0.1, -0.05) is 57.2 Å². The van der Waals surface area contributed by atoms with Gasteiger partial charge in [0.2, 0.25) is 0 Å². The number of rotatable bonds is 10. The molecular weight excluding hydrogens is 232 g/mol. The first kappa shape index (κ1) is 16.0. The summed E-state index contributed by atoms with van der Waals surface area (Å²) in [5.74, 6) is 0. The van der Waals surface area contributed by atoms with Gasteiger partial charge in [-0.15, -0.1) is 0 Å². The maximum absolute atomic E-state index is 5.99. The highest BCUT2D eigenvalue weighted by Crippen LogP contribution is 2.19. The standard InChI is InChI=1S/C17H30N2/c1-3-5-6-7-9-14-17(15-18)19(4-2)16-12-10-8-11-13-16/h8,10-13,17H,3-7,9,14-15,18H2,1-2H3. The first-order chi connectivity index (χ1) is 9.33. The van der Waals surface area contributed by atoms with Crippen molar-refractivity contribution in [2.45, 2.75) is 58.4 Å². The smallest absolute Gasteiger partial charge is 0.0412 e. The van der Waals surface area contributed by atoms with Crippen molar-refractivity contribution in [2.75, 3.05) is 18.0 Å². The molecule has 0 saturated heterocycles. The lowest BCUT2D eigenvalue weighted by molar-refractivity contribution is 0.516. The van der Waals surface area contributed by atoms with Crippen LogP contribution in [-0.4, -0.2) is 19.1 Å². The van der Waals surface area contributed by atoms with Crippen molar-refractivity contribution < 1.29 is 0 Å². The van der Waals surface area contributed by atoms with E-state index in [9.17, 15) is 0 Å². The number of likely N-dealkylation sites (N-methyl/N-ethyl adjacent to an activating group) is 1. The molecule has 1 atom stereocenters. The van der Waals surface area contributed by atoms with Crippen molar-refractivity contribution in [1.82, 2.24) is 0 Å². The van der Waals surface area contributed by atoms with Gasteiger partial charge in [0.25, 0.3) is 0 Å². The van der Waals surface area contributed by atoms with Crippen LogP contribution >= 0.6 is 0 Å². The monoisotopic (exact) mass is 262 g/mol. The largest absolute Gasteiger partial charge is 0.368 e. The van der Waals surface area contributed by atoms with E-state index >= 15 is 0 Å². The fourth-order valence-electron chi connectivity index (χ4n) is 2.66. The van der Waals surface area contributed by atoms with E-state index in [2.05, 4.69) is 49.1 Å². The molecule has 0 bridgehead atoms. The van der Waals surface area contributed by atoms with E-state index in [0.717, 1.165) is 13.1 Å². The van der Waals surface area contributed by atoms with E-state index in [0.29, 0.717) is 6.04 Å². The molecule has 19 heavy (non-hydrogen) atoms. The number of hydrogen-bond acceptors (Lipinski definition) is 2. The van der Waals surface area contributed by atoms with E-state index in [1.54, 1.807) is 0 Å². The lowest BCUT2D eigenvalue weighted by Crippen LogP contribution is -2.40. The van der Waals surface area contributed by atoms with Gasteiger partial charge in [0.05, 0.1) is 0 Å². The summed E-state index contributed by atoms with van der Waals surface area (Å²) in [4.78, 5) is 2.44. The Bertz CT molecular complexity index is 310. The second kappa shape index (κ2) is 9.85. The molecule has 0 radical (unpaired) electrons. The molecule has 0 aliphatic heterocycles. The van der Waals surface area contributed by atoms with Crippen molar-refractivity contribution in [1.29, 1.82) is 0 Å². The van der Waals surface area contributed by atoms with Gasteiger partial charge in [-0.05, 0) is 25.5 Å². The molecule has 0 heterocycles. The van der Waals surface area contributed by atoms with Gasteiger partial charge in [-0.25, -0.2) is 0 Å². The Labute approximate surface area is 119 Å². The van der Waals surface area contributed by atoms with Crippen molar-refractivity contribution in [2.24, 2.45) is 5.73 Å². The normalized spacial score (nSPS) is 12.4. The second-order valence-corrected chi connectivity index (χ2v) is 5.21. The van der Waals surface area contributed by atoms with E-state index < -0.39 is 0 Å². The molecular formula is C17H30N2. The number of anilines is 1. The lowest BCUT2D eigenvalue weighted by atomic mass is 10.0. The molecule has 0 aliphatic carbocycles. The minimum Gasteiger partial charge on any atom is -0.368 e. The Morgan fingerprint density at radius 1 is 1.00 bits per heavy atom. The number of benzene rings is 1. The molecule has 1 unspecified atom stereocenters. The van der Waals surface area contributed by atoms with Crippen LogP contribution in [0.4, 0.5) is 5.69 Å². The Balaban J connectivity index is 2.47. The minimum absolute atomic E-state index is 0.481. The molecule has 0 aliphatic rings. The molecule has 0 fully saturated rings. The Morgan fingerprint density at radius 3 is 2.26 bits per heavy atom. The van der Waals surface area contributed by atoms with Gasteiger partial charge < -0.3 is 10.6 Å². The SMILES string of the molecule is CCCCCCCC(CN)N(CC)c1ccccc1. The number of nitrogens with two attached hydrogens (primary N) is 1. The highest BCUT2D eigenvalue weighted by Gasteiger charge is 2.15. The molecule has 1 rings (SSSR count). The second-order valence-electron chi connectivity index (χ2n) is 5.21. The predicted octanol–water partition coefficient (Wildman–Crippen LogP) is 4.20. The van der Waals surface area contributed by atoms with Gasteiger partial charge in [-0.2, -0.15) is 0 Å². The van der Waals surface area contributed by atoms with Crippen LogP contribution in [0.2, 0.25) is 0 Å². The lowest BCUT2D eigenvalue weighted by Gasteiger charge is -2.32. The van der Waals surface area contributed by atoms with Crippen LogP contribution in [-0.2, 0) is 0 Å². The van der Waals surface area contributed by atoms with Crippen molar-refractivity contribution in [3.05, 3.63) is 30.3 Å². The predicted molar refractivity (Wildman–Crippen MR) is 85.7 cm³/mol. The zero-order valence-electron chi connectivity index (χ0n) is 12.6. The molecule has 0 amide bonds. The highest BCUT2D eigenvalue weighted by atomic mass is 15.2. The molecule has 1 aromatic rings. The van der Waals surface area contributed by atoms with E-state index in [1.807, 2.05) is 0 Å². The Morgan fingerprint density at radius 2 is 1.68 bits per heavy atom. The topological polar surface area (TPSA) is 29.3 Å². The summed E-state index contributed by atoms with van der Waals surface area (Å²) < 4.78 is 0. The minimum atomic E-state index is 0.481. The maximum Gasteiger partial charge on any atom is 0.0412 e. The number of nitrogens with zero attached hydrogens (tertiary/aromatic N) is 1. The molecule has 108 valence electrons. The van der Waals surface area contributed by atoms with Crippen molar-refractivity contribution in [3.63, 3.8) is 0 Å². The summed E-state index contributed by atoms with van der Waals surface area (Å²) in [7, 11) is 0. The first-order valence-corrected chi connectivity index (χ1v) is 7.85. The fourth-order valence-corrected chi connectivity index (χ4v) is 2.66. The summed E-state index contributed by atoms with van der Waals surface area (Å²) in [6.07, 6.45) is 7.89. The van der Waals surface area contributed by atoms with Crippen LogP contribution in [0, 0.1) is 0 Å². The van der Waals surface area contributed by atoms with Gasteiger partial charge in [0, 0.05) is 24.8 Å². The molecule has 2 N–H and O–H groups in total. The molecule has 1 aromatic carbocycles. The van der Waals surface area contributed by atoms with Crippen molar-refractivity contribution >= 4 is 5.69 Å². The van der Waals surface area contributed by atoms with Crippen LogP contribution in [0.15, 0.2) is 30.3 Å². The summed E-state index contributed by atoms with van der Waals surface area (Å²) >= 11 is 0. The zero-order valence-corrected chi connectivity index (χ0v) is 12.6. The highest BCUT2D eigenvalue weighted by molar-refractivity contribution is 5.47. The van der Waals surface area contributed by atoms with E-state index in [-0.39, 0.29) is 0 Å². The zero-order chi connectivity index (χ0) is 13.9.